The maximum absolute atomic E-state index is 12.7. The van der Waals surface area contributed by atoms with Gasteiger partial charge in [-0.1, -0.05) is 208 Å². The Bertz CT molecular complexity index is 1170. The van der Waals surface area contributed by atoms with Gasteiger partial charge < -0.3 is 14.2 Å². The van der Waals surface area contributed by atoms with E-state index in [4.69, 9.17) is 14.2 Å². The number of ether oxygens (including phenoxy) is 3. The monoisotopic (exact) mass is 833 g/mol. The Balaban J connectivity index is 4.22. The minimum absolute atomic E-state index is 0.0393. The van der Waals surface area contributed by atoms with Gasteiger partial charge in [0.2, 0.25) is 0 Å². The van der Waals surface area contributed by atoms with Crippen LogP contribution in [0, 0.1) is 0 Å². The normalized spacial score (nSPS) is 13.1. The predicted molar refractivity (Wildman–Crippen MR) is 260 cm³/mol. The summed E-state index contributed by atoms with van der Waals surface area (Å²) in [5.74, 6) is -0.506. The summed E-state index contributed by atoms with van der Waals surface area (Å²) in [7, 11) is 0. The molecule has 0 saturated carbocycles. The Kier molecular flexibility index (Phi) is 47.5. The third kappa shape index (κ3) is 47.5. The zero-order chi connectivity index (χ0) is 43.5. The first kappa shape index (κ1) is 56.8. The van der Waals surface area contributed by atoms with Crippen molar-refractivity contribution in [2.75, 3.05) is 19.8 Å². The van der Waals surface area contributed by atoms with Crippen molar-refractivity contribution in [2.45, 2.75) is 219 Å². The Morgan fingerprint density at radius 2 is 0.783 bits per heavy atom. The second-order valence-electron chi connectivity index (χ2n) is 16.0. The second-order valence-corrected chi connectivity index (χ2v) is 16.0. The van der Waals surface area contributed by atoms with Gasteiger partial charge in [-0.25, -0.2) is 0 Å². The van der Waals surface area contributed by atoms with Gasteiger partial charge >= 0.3 is 11.9 Å². The smallest absolute Gasteiger partial charge is 0.306 e. The maximum atomic E-state index is 12.7. The minimum Gasteiger partial charge on any atom is -0.462 e. The lowest BCUT2D eigenvalue weighted by atomic mass is 10.1. The molecule has 342 valence electrons. The molecule has 0 aliphatic rings. The molecule has 0 rings (SSSR count). The van der Waals surface area contributed by atoms with Gasteiger partial charge in [-0.15, -0.1) is 0 Å². The molecule has 5 nitrogen and oxygen atoms in total. The molecule has 0 heterocycles. The summed E-state index contributed by atoms with van der Waals surface area (Å²) >= 11 is 0. The highest BCUT2D eigenvalue weighted by Crippen LogP contribution is 2.13. The molecule has 5 heteroatoms. The molecule has 0 fully saturated rings. The van der Waals surface area contributed by atoms with E-state index in [0.29, 0.717) is 25.9 Å². The molecule has 0 spiro atoms. The van der Waals surface area contributed by atoms with Crippen LogP contribution in [0.2, 0.25) is 0 Å². The van der Waals surface area contributed by atoms with Crippen molar-refractivity contribution in [3.8, 4) is 0 Å². The summed E-state index contributed by atoms with van der Waals surface area (Å²) in [5.41, 5.74) is 0. The largest absolute Gasteiger partial charge is 0.462 e. The van der Waals surface area contributed by atoms with E-state index in [-0.39, 0.29) is 25.2 Å². The molecule has 0 aromatic rings. The first-order valence-corrected chi connectivity index (χ1v) is 24.8. The SMILES string of the molecule is CC/C=C\C/C=C\C/C=C\C/C=C\C/C=C\C/C=C\CCC(=O)OCC(COCCCCCCCC)OC(=O)CCCCCCCCCCC/C=C\C/C=C\CCCCC. The number of hydrogen-bond donors (Lipinski definition) is 0. The summed E-state index contributed by atoms with van der Waals surface area (Å²) in [6.07, 6.45) is 67.2. The van der Waals surface area contributed by atoms with E-state index in [0.717, 1.165) is 77.0 Å². The van der Waals surface area contributed by atoms with Gasteiger partial charge in [-0.2, -0.15) is 0 Å². The van der Waals surface area contributed by atoms with Crippen LogP contribution >= 0.6 is 0 Å². The standard InChI is InChI=1S/C55H92O5/c1-4-7-10-13-16-18-20-22-24-26-28-30-32-34-36-38-40-42-45-48-54(56)59-52-53(51-58-50-47-44-15-12-9-6-3)60-55(57)49-46-43-41-39-37-35-33-31-29-27-25-23-21-19-17-14-11-8-5-2/h7,10,16-19,22-25,28,30,34,36,40,42,53H,4-6,8-9,11-15,20-21,26-27,29,31-33,35,37-39,41,43-52H2,1-3H3/b10-7-,18-16-,19-17-,24-22-,25-23-,30-28-,36-34-,42-40-. The topological polar surface area (TPSA) is 61.8 Å². The van der Waals surface area contributed by atoms with Crippen LogP contribution in [0.4, 0.5) is 0 Å². The van der Waals surface area contributed by atoms with Crippen LogP contribution in [-0.4, -0.2) is 37.9 Å². The number of rotatable bonds is 44. The van der Waals surface area contributed by atoms with Gasteiger partial charge in [-0.3, -0.25) is 9.59 Å². The Morgan fingerprint density at radius 1 is 0.383 bits per heavy atom. The molecular formula is C55H92O5. The van der Waals surface area contributed by atoms with Gasteiger partial charge in [-0.05, 0) is 89.9 Å². The lowest BCUT2D eigenvalue weighted by molar-refractivity contribution is -0.162. The summed E-state index contributed by atoms with van der Waals surface area (Å²) in [5, 5.41) is 0. The van der Waals surface area contributed by atoms with E-state index < -0.39 is 6.10 Å². The number of unbranched alkanes of at least 4 members (excludes halogenated alkanes) is 17. The molecule has 0 aliphatic heterocycles. The van der Waals surface area contributed by atoms with Gasteiger partial charge in [0, 0.05) is 19.4 Å². The van der Waals surface area contributed by atoms with Crippen LogP contribution < -0.4 is 0 Å². The van der Waals surface area contributed by atoms with Crippen LogP contribution in [0.25, 0.3) is 0 Å². The second kappa shape index (κ2) is 50.2. The van der Waals surface area contributed by atoms with E-state index in [9.17, 15) is 9.59 Å². The van der Waals surface area contributed by atoms with E-state index in [1.165, 1.54) is 96.3 Å². The molecular weight excluding hydrogens is 741 g/mol. The molecule has 1 atom stereocenters. The van der Waals surface area contributed by atoms with Gasteiger partial charge in [0.25, 0.3) is 0 Å². The highest BCUT2D eigenvalue weighted by molar-refractivity contribution is 5.70. The van der Waals surface area contributed by atoms with Crippen molar-refractivity contribution in [3.05, 3.63) is 97.2 Å². The zero-order valence-corrected chi connectivity index (χ0v) is 39.2. The summed E-state index contributed by atoms with van der Waals surface area (Å²) in [4.78, 5) is 25.2. The predicted octanol–water partition coefficient (Wildman–Crippen LogP) is 16.7. The maximum Gasteiger partial charge on any atom is 0.306 e. The van der Waals surface area contributed by atoms with E-state index in [1.54, 1.807) is 0 Å². The highest BCUT2D eigenvalue weighted by Gasteiger charge is 2.17. The number of hydrogen-bond acceptors (Lipinski definition) is 5. The van der Waals surface area contributed by atoms with E-state index in [2.05, 4.69) is 112 Å². The van der Waals surface area contributed by atoms with Gasteiger partial charge in [0.15, 0.2) is 6.10 Å². The summed E-state index contributed by atoms with van der Waals surface area (Å²) in [6.45, 7) is 7.56. The fraction of sp³-hybridized carbons (Fsp3) is 0.673. The zero-order valence-electron chi connectivity index (χ0n) is 39.2. The molecule has 1 unspecified atom stereocenters. The number of esters is 2. The fourth-order valence-corrected chi connectivity index (χ4v) is 6.45. The lowest BCUT2D eigenvalue weighted by Crippen LogP contribution is -2.30. The molecule has 0 saturated heterocycles. The molecule has 0 aliphatic carbocycles. The molecule has 0 amide bonds. The minimum atomic E-state index is -0.569. The van der Waals surface area contributed by atoms with Gasteiger partial charge in [0.1, 0.15) is 6.61 Å². The van der Waals surface area contributed by atoms with Crippen LogP contribution in [0.3, 0.4) is 0 Å². The van der Waals surface area contributed by atoms with Crippen molar-refractivity contribution in [1.29, 1.82) is 0 Å². The van der Waals surface area contributed by atoms with Crippen molar-refractivity contribution < 1.29 is 23.8 Å². The quantitative estimate of drug-likeness (QED) is 0.0348. The third-order valence-corrected chi connectivity index (χ3v) is 10.1. The molecule has 0 aromatic heterocycles. The summed E-state index contributed by atoms with van der Waals surface area (Å²) in [6, 6.07) is 0. The first-order chi connectivity index (χ1) is 29.6. The van der Waals surface area contributed by atoms with Crippen molar-refractivity contribution in [3.63, 3.8) is 0 Å². The highest BCUT2D eigenvalue weighted by atomic mass is 16.6. The Morgan fingerprint density at radius 3 is 1.30 bits per heavy atom. The third-order valence-electron chi connectivity index (χ3n) is 10.1. The molecule has 60 heavy (non-hydrogen) atoms. The first-order valence-electron chi connectivity index (χ1n) is 24.8. The molecule has 0 aromatic carbocycles. The lowest BCUT2D eigenvalue weighted by Gasteiger charge is -2.18. The van der Waals surface area contributed by atoms with Crippen molar-refractivity contribution >= 4 is 11.9 Å². The van der Waals surface area contributed by atoms with E-state index in [1.807, 2.05) is 6.08 Å². The number of allylic oxidation sites excluding steroid dienone is 16. The van der Waals surface area contributed by atoms with Crippen LogP contribution in [0.15, 0.2) is 97.2 Å². The van der Waals surface area contributed by atoms with Crippen LogP contribution in [0.5, 0.6) is 0 Å². The van der Waals surface area contributed by atoms with Crippen LogP contribution in [-0.2, 0) is 23.8 Å². The van der Waals surface area contributed by atoms with Crippen molar-refractivity contribution in [1.82, 2.24) is 0 Å². The Labute approximate surface area is 371 Å². The number of carbonyl (C=O) groups is 2. The van der Waals surface area contributed by atoms with Crippen LogP contribution in [0.1, 0.15) is 213 Å². The molecule has 0 radical (unpaired) electrons. The molecule has 0 bridgehead atoms. The average molecular weight is 833 g/mol. The van der Waals surface area contributed by atoms with Crippen molar-refractivity contribution in [2.24, 2.45) is 0 Å². The van der Waals surface area contributed by atoms with E-state index >= 15 is 0 Å². The average Bonchev–Trinajstić information content (AvgIpc) is 3.25. The number of carbonyl (C=O) groups excluding carboxylic acids is 2. The molecule has 0 N–H and O–H groups in total. The Hall–Kier alpha value is -3.18. The summed E-state index contributed by atoms with van der Waals surface area (Å²) < 4.78 is 17.2. The van der Waals surface area contributed by atoms with Gasteiger partial charge in [0.05, 0.1) is 6.61 Å². The fourth-order valence-electron chi connectivity index (χ4n) is 6.45.